The molecule has 0 aromatic carbocycles. The minimum atomic E-state index is -0.838. The summed E-state index contributed by atoms with van der Waals surface area (Å²) < 4.78 is 5.52. The SMILES string of the molecule is CCCCCCCCCCC/C=C/C(O)C(CO)NC(=O)CCCCCCCCCCCCCCCCCCCCCCCCCCCCCCCCCCCCCOC(=O)CCCCCCCCCCCCCCCCCCCC. The molecule has 0 aliphatic rings. The zero-order valence-corrected chi connectivity index (χ0v) is 55.3. The van der Waals surface area contributed by atoms with Crippen molar-refractivity contribution in [2.24, 2.45) is 0 Å². The zero-order valence-electron chi connectivity index (χ0n) is 55.3. The van der Waals surface area contributed by atoms with Crippen molar-refractivity contribution in [3.8, 4) is 0 Å². The standard InChI is InChI=1S/C75H147NO5/c1-3-5-7-9-11-13-15-16-17-18-39-42-45-49-53-57-61-65-69-75(80)81-70-66-62-58-54-50-46-43-40-37-35-33-31-29-27-25-23-21-19-20-22-24-26-28-30-32-34-36-38-41-44-48-52-56-60-64-68-74(79)76-72(71-77)73(78)67-63-59-55-51-47-14-12-10-8-6-4-2/h63,67,72-73,77-78H,3-62,64-66,68-71H2,1-2H3,(H,76,79)/b67-63+. The Bertz CT molecular complexity index is 1220. The van der Waals surface area contributed by atoms with Crippen molar-refractivity contribution in [2.45, 2.75) is 443 Å². The van der Waals surface area contributed by atoms with Crippen LogP contribution in [0.3, 0.4) is 0 Å². The molecule has 2 atom stereocenters. The average molecular weight is 1140 g/mol. The highest BCUT2D eigenvalue weighted by atomic mass is 16.5. The van der Waals surface area contributed by atoms with Crippen molar-refractivity contribution in [3.63, 3.8) is 0 Å². The normalized spacial score (nSPS) is 12.5. The number of hydrogen-bond acceptors (Lipinski definition) is 5. The van der Waals surface area contributed by atoms with Gasteiger partial charge in [0.1, 0.15) is 0 Å². The number of hydrogen-bond donors (Lipinski definition) is 3. The van der Waals surface area contributed by atoms with E-state index in [4.69, 9.17) is 4.74 Å². The summed E-state index contributed by atoms with van der Waals surface area (Å²) in [4.78, 5) is 24.6. The molecule has 2 unspecified atom stereocenters. The molecule has 0 radical (unpaired) electrons. The van der Waals surface area contributed by atoms with E-state index >= 15 is 0 Å². The minimum absolute atomic E-state index is 0.0277. The first-order chi connectivity index (χ1) is 40.0. The number of unbranched alkanes of at least 4 members (excludes halogenated alkanes) is 60. The average Bonchev–Trinajstić information content (AvgIpc) is 3.47. The first-order valence-corrected chi connectivity index (χ1v) is 37.5. The number of esters is 1. The minimum Gasteiger partial charge on any atom is -0.466 e. The molecule has 0 aromatic heterocycles. The predicted octanol–water partition coefficient (Wildman–Crippen LogP) is 24.3. The van der Waals surface area contributed by atoms with Crippen LogP contribution in [0.15, 0.2) is 12.2 Å². The zero-order chi connectivity index (χ0) is 58.5. The number of nitrogens with one attached hydrogen (secondary N) is 1. The Morgan fingerprint density at radius 1 is 0.333 bits per heavy atom. The van der Waals surface area contributed by atoms with Crippen LogP contribution in [0.2, 0.25) is 0 Å². The summed E-state index contributed by atoms with van der Waals surface area (Å²) in [5, 5.41) is 23.1. The number of carbonyl (C=O) groups excluding carboxylic acids is 2. The molecular weight excluding hydrogens is 995 g/mol. The molecule has 6 nitrogen and oxygen atoms in total. The fraction of sp³-hybridized carbons (Fsp3) is 0.947. The summed E-state index contributed by atoms with van der Waals surface area (Å²) in [6.45, 7) is 4.94. The van der Waals surface area contributed by atoms with Crippen molar-refractivity contribution in [3.05, 3.63) is 12.2 Å². The molecule has 0 aromatic rings. The van der Waals surface area contributed by atoms with Gasteiger partial charge in [0.05, 0.1) is 25.4 Å². The quantitative estimate of drug-likeness (QED) is 0.0320. The van der Waals surface area contributed by atoms with E-state index in [1.54, 1.807) is 6.08 Å². The Morgan fingerprint density at radius 3 is 0.840 bits per heavy atom. The van der Waals surface area contributed by atoms with Gasteiger partial charge >= 0.3 is 5.97 Å². The van der Waals surface area contributed by atoms with Crippen LogP contribution in [-0.2, 0) is 14.3 Å². The van der Waals surface area contributed by atoms with Crippen LogP contribution in [0, 0.1) is 0 Å². The maximum atomic E-state index is 12.4. The first kappa shape index (κ1) is 79.6. The van der Waals surface area contributed by atoms with Gasteiger partial charge in [-0.1, -0.05) is 398 Å². The molecule has 0 bridgehead atoms. The van der Waals surface area contributed by atoms with Gasteiger partial charge in [0, 0.05) is 12.8 Å². The third-order valence-corrected chi connectivity index (χ3v) is 17.8. The van der Waals surface area contributed by atoms with Crippen LogP contribution < -0.4 is 5.32 Å². The molecule has 6 heteroatoms. The van der Waals surface area contributed by atoms with Gasteiger partial charge in [-0.25, -0.2) is 0 Å². The molecule has 0 heterocycles. The van der Waals surface area contributed by atoms with E-state index in [2.05, 4.69) is 19.2 Å². The summed E-state index contributed by atoms with van der Waals surface area (Å²) in [7, 11) is 0. The van der Waals surface area contributed by atoms with E-state index in [9.17, 15) is 19.8 Å². The summed E-state index contributed by atoms with van der Waals surface area (Å²) >= 11 is 0. The fourth-order valence-electron chi connectivity index (χ4n) is 12.1. The summed E-state index contributed by atoms with van der Waals surface area (Å²) in [6.07, 6.45) is 89.1. The number of ether oxygens (including phenoxy) is 1. The van der Waals surface area contributed by atoms with E-state index in [0.717, 1.165) is 38.5 Å². The lowest BCUT2D eigenvalue weighted by Crippen LogP contribution is -2.45. The lowest BCUT2D eigenvalue weighted by molar-refractivity contribution is -0.143. The molecular formula is C75H147NO5. The highest BCUT2D eigenvalue weighted by molar-refractivity contribution is 5.76. The molecule has 0 saturated carbocycles. The van der Waals surface area contributed by atoms with Crippen LogP contribution in [0.25, 0.3) is 0 Å². The van der Waals surface area contributed by atoms with Gasteiger partial charge in [-0.05, 0) is 32.1 Å². The van der Waals surface area contributed by atoms with E-state index < -0.39 is 12.1 Å². The topological polar surface area (TPSA) is 95.9 Å². The number of aliphatic hydroxyl groups is 2. The summed E-state index contributed by atoms with van der Waals surface area (Å²) in [5.74, 6) is -0.0339. The van der Waals surface area contributed by atoms with Crippen molar-refractivity contribution in [1.29, 1.82) is 0 Å². The Hall–Kier alpha value is -1.40. The third-order valence-electron chi connectivity index (χ3n) is 17.8. The van der Waals surface area contributed by atoms with Gasteiger partial charge in [0.25, 0.3) is 0 Å². The first-order valence-electron chi connectivity index (χ1n) is 37.5. The van der Waals surface area contributed by atoms with Gasteiger partial charge in [-0.2, -0.15) is 0 Å². The van der Waals surface area contributed by atoms with Crippen molar-refractivity contribution < 1.29 is 24.5 Å². The molecule has 0 spiro atoms. The van der Waals surface area contributed by atoms with E-state index in [0.29, 0.717) is 19.4 Å². The highest BCUT2D eigenvalue weighted by Gasteiger charge is 2.18. The van der Waals surface area contributed by atoms with Gasteiger partial charge in [-0.15, -0.1) is 0 Å². The van der Waals surface area contributed by atoms with Crippen LogP contribution >= 0.6 is 0 Å². The number of aliphatic hydroxyl groups excluding tert-OH is 2. The molecule has 0 fully saturated rings. The lowest BCUT2D eigenvalue weighted by atomic mass is 10.0. The van der Waals surface area contributed by atoms with Crippen LogP contribution in [0.4, 0.5) is 0 Å². The van der Waals surface area contributed by atoms with Gasteiger partial charge < -0.3 is 20.3 Å². The van der Waals surface area contributed by atoms with Gasteiger partial charge in [0.15, 0.2) is 0 Å². The Morgan fingerprint density at radius 2 is 0.568 bits per heavy atom. The van der Waals surface area contributed by atoms with Crippen molar-refractivity contribution >= 4 is 11.9 Å². The molecule has 0 saturated heterocycles. The predicted molar refractivity (Wildman–Crippen MR) is 357 cm³/mol. The van der Waals surface area contributed by atoms with Crippen molar-refractivity contribution in [1.82, 2.24) is 5.32 Å². The Labute approximate surface area is 508 Å². The third kappa shape index (κ3) is 67.6. The smallest absolute Gasteiger partial charge is 0.305 e. The number of rotatable bonds is 71. The van der Waals surface area contributed by atoms with Crippen LogP contribution in [0.5, 0.6) is 0 Å². The number of amides is 1. The summed E-state index contributed by atoms with van der Waals surface area (Å²) in [5.41, 5.74) is 0. The van der Waals surface area contributed by atoms with E-state index in [1.807, 2.05) is 6.08 Å². The fourth-order valence-corrected chi connectivity index (χ4v) is 12.1. The molecule has 0 aliphatic heterocycles. The van der Waals surface area contributed by atoms with E-state index in [1.165, 1.54) is 366 Å². The number of allylic oxidation sites excluding steroid dienone is 1. The second-order valence-electron chi connectivity index (χ2n) is 26.0. The lowest BCUT2D eigenvalue weighted by Gasteiger charge is -2.20. The van der Waals surface area contributed by atoms with E-state index in [-0.39, 0.29) is 18.5 Å². The molecule has 3 N–H and O–H groups in total. The number of carbonyl (C=O) groups is 2. The second kappa shape index (κ2) is 71.1. The van der Waals surface area contributed by atoms with Gasteiger partial charge in [-0.3, -0.25) is 9.59 Å². The molecule has 0 rings (SSSR count). The van der Waals surface area contributed by atoms with Gasteiger partial charge in [0.2, 0.25) is 5.91 Å². The highest BCUT2D eigenvalue weighted by Crippen LogP contribution is 2.20. The van der Waals surface area contributed by atoms with Crippen molar-refractivity contribution in [2.75, 3.05) is 13.2 Å². The molecule has 81 heavy (non-hydrogen) atoms. The van der Waals surface area contributed by atoms with Crippen LogP contribution in [0.1, 0.15) is 431 Å². The molecule has 1 amide bonds. The summed E-state index contributed by atoms with van der Waals surface area (Å²) in [6, 6.07) is -0.621. The molecule has 0 aliphatic carbocycles. The maximum Gasteiger partial charge on any atom is 0.305 e. The monoisotopic (exact) mass is 1140 g/mol. The Kier molecular flexibility index (Phi) is 69.9. The maximum absolute atomic E-state index is 12.4. The van der Waals surface area contributed by atoms with Crippen LogP contribution in [-0.4, -0.2) is 47.4 Å². The second-order valence-corrected chi connectivity index (χ2v) is 26.0. The Balaban J connectivity index is 3.27. The molecule has 482 valence electrons. The largest absolute Gasteiger partial charge is 0.466 e.